The fourth-order valence-corrected chi connectivity index (χ4v) is 5.07. The van der Waals surface area contributed by atoms with Crippen molar-refractivity contribution in [1.29, 1.82) is 0 Å². The molecule has 6 rings (SSSR count). The standard InChI is InChI=1S/C31H31N5/c1-23-9-8-14-26(19-23)29-21-31-33-28(25-12-6-3-7-13-25)20-30(36(31)34-29)32-27-15-17-35(18-16-27)22-24-10-4-2-5-11-24/h2-14,19-21,27,32H,15-18,22H2,1H3. The second kappa shape index (κ2) is 9.96. The van der Waals surface area contributed by atoms with Gasteiger partial charge in [0.05, 0.1) is 11.4 Å². The van der Waals surface area contributed by atoms with E-state index in [0.717, 1.165) is 66.5 Å². The number of nitrogens with one attached hydrogen (secondary N) is 1. The molecule has 0 saturated carbocycles. The molecule has 0 radical (unpaired) electrons. The van der Waals surface area contributed by atoms with E-state index in [4.69, 9.17) is 10.1 Å². The number of hydrogen-bond acceptors (Lipinski definition) is 4. The Balaban J connectivity index is 1.28. The molecule has 5 heteroatoms. The van der Waals surface area contributed by atoms with Crippen LogP contribution in [0.15, 0.2) is 97.1 Å². The number of aryl methyl sites for hydroxylation is 1. The van der Waals surface area contributed by atoms with Crippen LogP contribution in [-0.2, 0) is 6.54 Å². The average Bonchev–Trinajstić information content (AvgIpc) is 3.36. The molecule has 5 aromatic rings. The van der Waals surface area contributed by atoms with Gasteiger partial charge in [-0.3, -0.25) is 4.90 Å². The van der Waals surface area contributed by atoms with Crippen molar-refractivity contribution >= 4 is 11.5 Å². The molecule has 0 amide bonds. The molecule has 1 aliphatic rings. The number of nitrogens with zero attached hydrogens (tertiary/aromatic N) is 4. The van der Waals surface area contributed by atoms with E-state index >= 15 is 0 Å². The number of anilines is 1. The van der Waals surface area contributed by atoms with E-state index in [1.165, 1.54) is 11.1 Å². The van der Waals surface area contributed by atoms with Gasteiger partial charge >= 0.3 is 0 Å². The lowest BCUT2D eigenvalue weighted by Crippen LogP contribution is -2.39. The predicted octanol–water partition coefficient (Wildman–Crippen LogP) is 6.45. The minimum Gasteiger partial charge on any atom is -0.367 e. The van der Waals surface area contributed by atoms with E-state index in [1.807, 2.05) is 10.6 Å². The van der Waals surface area contributed by atoms with E-state index in [1.54, 1.807) is 0 Å². The van der Waals surface area contributed by atoms with Crippen LogP contribution in [0.2, 0.25) is 0 Å². The fourth-order valence-electron chi connectivity index (χ4n) is 5.07. The highest BCUT2D eigenvalue weighted by molar-refractivity contribution is 5.71. The Morgan fingerprint density at radius 3 is 2.25 bits per heavy atom. The van der Waals surface area contributed by atoms with Crippen LogP contribution >= 0.6 is 0 Å². The van der Waals surface area contributed by atoms with Crippen LogP contribution in [0.25, 0.3) is 28.2 Å². The Morgan fingerprint density at radius 2 is 1.50 bits per heavy atom. The molecule has 0 bridgehead atoms. The minimum absolute atomic E-state index is 0.401. The van der Waals surface area contributed by atoms with E-state index < -0.39 is 0 Å². The Kier molecular flexibility index (Phi) is 6.22. The van der Waals surface area contributed by atoms with Gasteiger partial charge in [0.25, 0.3) is 0 Å². The van der Waals surface area contributed by atoms with E-state index in [2.05, 4.69) is 108 Å². The van der Waals surface area contributed by atoms with Gasteiger partial charge in [0.2, 0.25) is 0 Å². The molecule has 0 aliphatic carbocycles. The second-order valence-corrected chi connectivity index (χ2v) is 9.74. The number of aromatic nitrogens is 3. The molecule has 1 aliphatic heterocycles. The maximum absolute atomic E-state index is 4.98. The third kappa shape index (κ3) is 4.88. The zero-order valence-corrected chi connectivity index (χ0v) is 20.6. The van der Waals surface area contributed by atoms with Crippen LogP contribution in [0.3, 0.4) is 0 Å². The Labute approximate surface area is 212 Å². The topological polar surface area (TPSA) is 45.5 Å². The highest BCUT2D eigenvalue weighted by Gasteiger charge is 2.21. The lowest BCUT2D eigenvalue weighted by molar-refractivity contribution is 0.211. The lowest BCUT2D eigenvalue weighted by atomic mass is 10.0. The summed E-state index contributed by atoms with van der Waals surface area (Å²) in [6.45, 7) is 5.30. The third-order valence-corrected chi connectivity index (χ3v) is 7.00. The van der Waals surface area contributed by atoms with Gasteiger partial charge in [-0.05, 0) is 31.4 Å². The minimum atomic E-state index is 0.401. The van der Waals surface area contributed by atoms with E-state index in [-0.39, 0.29) is 0 Å². The molecule has 2 aromatic heterocycles. The summed E-state index contributed by atoms with van der Waals surface area (Å²) in [6, 6.07) is 34.3. The summed E-state index contributed by atoms with van der Waals surface area (Å²) in [4.78, 5) is 7.53. The zero-order valence-electron chi connectivity index (χ0n) is 20.6. The predicted molar refractivity (Wildman–Crippen MR) is 147 cm³/mol. The maximum Gasteiger partial charge on any atom is 0.158 e. The van der Waals surface area contributed by atoms with Crippen LogP contribution < -0.4 is 5.32 Å². The number of rotatable bonds is 6. The molecule has 1 N–H and O–H groups in total. The molecule has 3 aromatic carbocycles. The number of fused-ring (bicyclic) bond motifs is 1. The molecule has 0 unspecified atom stereocenters. The molecular formula is C31H31N5. The highest BCUT2D eigenvalue weighted by atomic mass is 15.3. The van der Waals surface area contributed by atoms with Crippen molar-refractivity contribution in [3.63, 3.8) is 0 Å². The van der Waals surface area contributed by atoms with Crippen LogP contribution in [-0.4, -0.2) is 38.6 Å². The maximum atomic E-state index is 4.98. The molecule has 0 atom stereocenters. The Hall–Kier alpha value is -3.96. The van der Waals surface area contributed by atoms with Crippen LogP contribution in [0.1, 0.15) is 24.0 Å². The average molecular weight is 474 g/mol. The first-order valence-electron chi connectivity index (χ1n) is 12.8. The number of hydrogen-bond donors (Lipinski definition) is 1. The summed E-state index contributed by atoms with van der Waals surface area (Å²) in [5, 5.41) is 8.80. The van der Waals surface area contributed by atoms with Crippen molar-refractivity contribution in [1.82, 2.24) is 19.5 Å². The largest absolute Gasteiger partial charge is 0.367 e. The number of piperidine rings is 1. The van der Waals surface area contributed by atoms with Crippen molar-refractivity contribution in [2.24, 2.45) is 0 Å². The summed E-state index contributed by atoms with van der Waals surface area (Å²) in [7, 11) is 0. The van der Waals surface area contributed by atoms with Gasteiger partial charge in [0.1, 0.15) is 5.82 Å². The molecule has 0 spiro atoms. The van der Waals surface area contributed by atoms with E-state index in [0.29, 0.717) is 6.04 Å². The molecule has 5 nitrogen and oxygen atoms in total. The molecule has 180 valence electrons. The first kappa shape index (κ1) is 22.5. The van der Waals surface area contributed by atoms with Crippen molar-refractivity contribution in [3.05, 3.63) is 108 Å². The van der Waals surface area contributed by atoms with Gasteiger partial charge in [0, 0.05) is 48.9 Å². The second-order valence-electron chi connectivity index (χ2n) is 9.74. The quantitative estimate of drug-likeness (QED) is 0.308. The normalized spacial score (nSPS) is 14.8. The summed E-state index contributed by atoms with van der Waals surface area (Å²) in [6.07, 6.45) is 2.20. The van der Waals surface area contributed by atoms with Gasteiger partial charge in [-0.15, -0.1) is 0 Å². The van der Waals surface area contributed by atoms with Crippen molar-refractivity contribution < 1.29 is 0 Å². The van der Waals surface area contributed by atoms with Gasteiger partial charge in [-0.25, -0.2) is 4.98 Å². The van der Waals surface area contributed by atoms with Gasteiger partial charge in [0.15, 0.2) is 5.65 Å². The monoisotopic (exact) mass is 473 g/mol. The first-order valence-corrected chi connectivity index (χ1v) is 12.8. The molecule has 1 saturated heterocycles. The first-order chi connectivity index (χ1) is 17.7. The molecule has 36 heavy (non-hydrogen) atoms. The van der Waals surface area contributed by atoms with Gasteiger partial charge < -0.3 is 5.32 Å². The third-order valence-electron chi connectivity index (χ3n) is 7.00. The highest BCUT2D eigenvalue weighted by Crippen LogP contribution is 2.28. The smallest absolute Gasteiger partial charge is 0.158 e. The summed E-state index contributed by atoms with van der Waals surface area (Å²) in [5.41, 5.74) is 7.59. The van der Waals surface area contributed by atoms with Crippen molar-refractivity contribution in [2.45, 2.75) is 32.4 Å². The summed E-state index contributed by atoms with van der Waals surface area (Å²) < 4.78 is 1.97. The van der Waals surface area contributed by atoms with Gasteiger partial charge in [-0.1, -0.05) is 84.4 Å². The molecule has 1 fully saturated rings. The van der Waals surface area contributed by atoms with Crippen LogP contribution in [0.4, 0.5) is 5.82 Å². The Morgan fingerprint density at radius 1 is 0.778 bits per heavy atom. The number of likely N-dealkylation sites (tertiary alicyclic amines) is 1. The molecular weight excluding hydrogens is 442 g/mol. The molecule has 3 heterocycles. The SMILES string of the molecule is Cc1cccc(-c2cc3nc(-c4ccccc4)cc(NC4CCN(Cc5ccccc5)CC4)n3n2)c1. The van der Waals surface area contributed by atoms with Crippen LogP contribution in [0.5, 0.6) is 0 Å². The summed E-state index contributed by atoms with van der Waals surface area (Å²) in [5.74, 6) is 0.999. The van der Waals surface area contributed by atoms with Crippen molar-refractivity contribution in [2.75, 3.05) is 18.4 Å². The summed E-state index contributed by atoms with van der Waals surface area (Å²) >= 11 is 0. The van der Waals surface area contributed by atoms with Crippen molar-refractivity contribution in [3.8, 4) is 22.5 Å². The zero-order chi connectivity index (χ0) is 24.3. The van der Waals surface area contributed by atoms with Crippen LogP contribution in [0, 0.1) is 6.92 Å². The van der Waals surface area contributed by atoms with E-state index in [9.17, 15) is 0 Å². The Bertz CT molecular complexity index is 1450. The lowest BCUT2D eigenvalue weighted by Gasteiger charge is -2.33. The fraction of sp³-hybridized carbons (Fsp3) is 0.226. The number of benzene rings is 3. The van der Waals surface area contributed by atoms with Gasteiger partial charge in [-0.2, -0.15) is 9.61 Å².